The second-order valence-electron chi connectivity index (χ2n) is 4.97. The van der Waals surface area contributed by atoms with E-state index in [0.717, 1.165) is 26.1 Å². The van der Waals surface area contributed by atoms with Gasteiger partial charge < -0.3 is 5.32 Å². The zero-order valence-electron chi connectivity index (χ0n) is 10.9. The Morgan fingerprint density at radius 3 is 2.94 bits per heavy atom. The van der Waals surface area contributed by atoms with E-state index in [1.807, 2.05) is 0 Å². The first-order chi connectivity index (χ1) is 8.88. The molecule has 1 saturated heterocycles. The van der Waals surface area contributed by atoms with Crippen LogP contribution in [0.1, 0.15) is 24.8 Å². The van der Waals surface area contributed by atoms with Crippen molar-refractivity contribution in [1.82, 2.24) is 10.2 Å². The quantitative estimate of drug-likeness (QED) is 0.629. The van der Waals surface area contributed by atoms with E-state index in [9.17, 15) is 0 Å². The van der Waals surface area contributed by atoms with Gasteiger partial charge in [-0.1, -0.05) is 30.3 Å². The average Bonchev–Trinajstić information content (AvgIpc) is 2.41. The van der Waals surface area contributed by atoms with E-state index < -0.39 is 0 Å². The first-order valence-corrected chi connectivity index (χ1v) is 6.81. The summed E-state index contributed by atoms with van der Waals surface area (Å²) < 4.78 is 0. The van der Waals surface area contributed by atoms with Gasteiger partial charge in [-0.2, -0.15) is 0 Å². The Balaban J connectivity index is 1.78. The minimum Gasteiger partial charge on any atom is -0.312 e. The lowest BCUT2D eigenvalue weighted by molar-refractivity contribution is 0.184. The Hall–Kier alpha value is -1.30. The Morgan fingerprint density at radius 2 is 2.17 bits per heavy atom. The molecule has 0 bridgehead atoms. The molecule has 0 saturated carbocycles. The molecule has 1 fully saturated rings. The van der Waals surface area contributed by atoms with Crippen molar-refractivity contribution in [2.75, 3.05) is 19.6 Å². The summed E-state index contributed by atoms with van der Waals surface area (Å²) in [5, 5.41) is 3.55. The average molecular weight is 242 g/mol. The maximum absolute atomic E-state index is 5.27. The van der Waals surface area contributed by atoms with Crippen LogP contribution in [0, 0.1) is 12.3 Å². The van der Waals surface area contributed by atoms with E-state index in [2.05, 4.69) is 46.5 Å². The van der Waals surface area contributed by atoms with Gasteiger partial charge in [-0.05, 0) is 24.9 Å². The van der Waals surface area contributed by atoms with Crippen LogP contribution in [-0.4, -0.2) is 30.6 Å². The van der Waals surface area contributed by atoms with Crippen LogP contribution in [0.5, 0.6) is 0 Å². The molecular formula is C16H22N2. The van der Waals surface area contributed by atoms with E-state index in [1.165, 1.54) is 24.9 Å². The fourth-order valence-corrected chi connectivity index (χ4v) is 2.56. The van der Waals surface area contributed by atoms with E-state index in [0.29, 0.717) is 6.04 Å². The zero-order chi connectivity index (χ0) is 12.6. The Morgan fingerprint density at radius 1 is 1.33 bits per heavy atom. The molecule has 2 heteroatoms. The summed E-state index contributed by atoms with van der Waals surface area (Å²) in [6.07, 6.45) is 8.65. The number of hydrogen-bond acceptors (Lipinski definition) is 2. The van der Waals surface area contributed by atoms with Crippen LogP contribution in [-0.2, 0) is 6.54 Å². The van der Waals surface area contributed by atoms with E-state index >= 15 is 0 Å². The predicted molar refractivity (Wildman–Crippen MR) is 76.2 cm³/mol. The maximum atomic E-state index is 5.27. The lowest BCUT2D eigenvalue weighted by Gasteiger charge is -2.33. The molecule has 0 spiro atoms. The Labute approximate surface area is 110 Å². The molecular weight excluding hydrogens is 220 g/mol. The predicted octanol–water partition coefficient (Wildman–Crippen LogP) is 2.26. The van der Waals surface area contributed by atoms with Crippen molar-refractivity contribution < 1.29 is 0 Å². The largest absolute Gasteiger partial charge is 0.312 e. The molecule has 1 aromatic rings. The molecule has 1 heterocycles. The molecule has 0 amide bonds. The van der Waals surface area contributed by atoms with Crippen molar-refractivity contribution in [3.05, 3.63) is 35.9 Å². The molecule has 1 unspecified atom stereocenters. The topological polar surface area (TPSA) is 15.3 Å². The molecule has 0 radical (unpaired) electrons. The minimum atomic E-state index is 0.607. The lowest BCUT2D eigenvalue weighted by Crippen LogP contribution is -2.45. The number of benzene rings is 1. The van der Waals surface area contributed by atoms with Crippen LogP contribution in [0.2, 0.25) is 0 Å². The van der Waals surface area contributed by atoms with Gasteiger partial charge >= 0.3 is 0 Å². The number of piperidine rings is 1. The summed E-state index contributed by atoms with van der Waals surface area (Å²) in [5.74, 6) is 2.68. The third kappa shape index (κ3) is 4.18. The van der Waals surface area contributed by atoms with Gasteiger partial charge in [0.15, 0.2) is 0 Å². The van der Waals surface area contributed by atoms with Gasteiger partial charge in [-0.25, -0.2) is 0 Å². The first kappa shape index (κ1) is 13.1. The van der Waals surface area contributed by atoms with Gasteiger partial charge in [0.1, 0.15) is 0 Å². The summed E-state index contributed by atoms with van der Waals surface area (Å²) in [7, 11) is 0. The molecule has 0 aromatic heterocycles. The minimum absolute atomic E-state index is 0.607. The van der Waals surface area contributed by atoms with Crippen molar-refractivity contribution in [3.8, 4) is 12.3 Å². The van der Waals surface area contributed by atoms with Crippen LogP contribution < -0.4 is 5.32 Å². The van der Waals surface area contributed by atoms with E-state index in [4.69, 9.17) is 6.42 Å². The van der Waals surface area contributed by atoms with Gasteiger partial charge in [0.2, 0.25) is 0 Å². The fraction of sp³-hybridized carbons (Fsp3) is 0.500. The van der Waals surface area contributed by atoms with Crippen LogP contribution in [0.15, 0.2) is 30.3 Å². The molecule has 18 heavy (non-hydrogen) atoms. The third-order valence-electron chi connectivity index (χ3n) is 3.46. The van der Waals surface area contributed by atoms with Crippen molar-refractivity contribution in [2.24, 2.45) is 0 Å². The fourth-order valence-electron chi connectivity index (χ4n) is 2.56. The lowest BCUT2D eigenvalue weighted by atomic mass is 10.0. The molecule has 2 nitrogen and oxygen atoms in total. The van der Waals surface area contributed by atoms with Crippen LogP contribution in [0.3, 0.4) is 0 Å². The highest BCUT2D eigenvalue weighted by Gasteiger charge is 2.18. The summed E-state index contributed by atoms with van der Waals surface area (Å²) >= 11 is 0. The smallest absolute Gasteiger partial charge is 0.0234 e. The Kier molecular flexibility index (Phi) is 5.26. The van der Waals surface area contributed by atoms with E-state index in [-0.39, 0.29) is 0 Å². The number of likely N-dealkylation sites (tertiary alicyclic amines) is 1. The molecule has 1 N–H and O–H groups in total. The standard InChI is InChI=1S/C16H22N2/c1-2-3-11-17-16-10-7-12-18(14-16)13-15-8-5-4-6-9-15/h1,4-6,8-9,16-17H,3,7,10-14H2. The SMILES string of the molecule is C#CCCNC1CCCN(Cc2ccccc2)C1. The van der Waals surface area contributed by atoms with Gasteiger partial charge in [0, 0.05) is 32.1 Å². The third-order valence-corrected chi connectivity index (χ3v) is 3.46. The molecule has 1 aliphatic heterocycles. The summed E-state index contributed by atoms with van der Waals surface area (Å²) in [6.45, 7) is 4.36. The molecule has 96 valence electrons. The molecule has 1 atom stereocenters. The molecule has 0 aliphatic carbocycles. The highest BCUT2D eigenvalue weighted by molar-refractivity contribution is 5.14. The summed E-state index contributed by atoms with van der Waals surface area (Å²) in [6, 6.07) is 11.3. The number of nitrogens with one attached hydrogen (secondary N) is 1. The van der Waals surface area contributed by atoms with Crippen LogP contribution in [0.25, 0.3) is 0 Å². The molecule has 1 aromatic carbocycles. The summed E-state index contributed by atoms with van der Waals surface area (Å²) in [5.41, 5.74) is 1.40. The highest BCUT2D eigenvalue weighted by atomic mass is 15.2. The van der Waals surface area contributed by atoms with Crippen molar-refractivity contribution in [3.63, 3.8) is 0 Å². The van der Waals surface area contributed by atoms with Crippen molar-refractivity contribution >= 4 is 0 Å². The molecule has 1 aliphatic rings. The van der Waals surface area contributed by atoms with Gasteiger partial charge in [0.25, 0.3) is 0 Å². The Bertz CT molecular complexity index is 380. The van der Waals surface area contributed by atoms with Crippen LogP contribution in [0.4, 0.5) is 0 Å². The summed E-state index contributed by atoms with van der Waals surface area (Å²) in [4.78, 5) is 2.53. The van der Waals surface area contributed by atoms with Gasteiger partial charge in [0.05, 0.1) is 0 Å². The maximum Gasteiger partial charge on any atom is 0.0234 e. The highest BCUT2D eigenvalue weighted by Crippen LogP contribution is 2.13. The number of terminal acetylenes is 1. The first-order valence-electron chi connectivity index (χ1n) is 6.81. The monoisotopic (exact) mass is 242 g/mol. The van der Waals surface area contributed by atoms with Crippen molar-refractivity contribution in [1.29, 1.82) is 0 Å². The van der Waals surface area contributed by atoms with Gasteiger partial charge in [-0.3, -0.25) is 4.90 Å². The second kappa shape index (κ2) is 7.20. The van der Waals surface area contributed by atoms with E-state index in [1.54, 1.807) is 0 Å². The normalized spacial score (nSPS) is 20.5. The van der Waals surface area contributed by atoms with Crippen LogP contribution >= 0.6 is 0 Å². The number of rotatable bonds is 5. The zero-order valence-corrected chi connectivity index (χ0v) is 10.9. The van der Waals surface area contributed by atoms with Gasteiger partial charge in [-0.15, -0.1) is 12.3 Å². The number of hydrogen-bond donors (Lipinski definition) is 1. The molecule has 2 rings (SSSR count). The van der Waals surface area contributed by atoms with Crippen molar-refractivity contribution in [2.45, 2.75) is 31.8 Å². The second-order valence-corrected chi connectivity index (χ2v) is 4.97. The number of nitrogens with zero attached hydrogens (tertiary/aromatic N) is 1.